The summed E-state index contributed by atoms with van der Waals surface area (Å²) in [6.45, 7) is 1.84. The molecule has 1 atom stereocenters. The van der Waals surface area contributed by atoms with Crippen LogP contribution in [0, 0.1) is 5.92 Å². The lowest BCUT2D eigenvalue weighted by molar-refractivity contribution is -0.118. The molecule has 0 aliphatic heterocycles. The summed E-state index contributed by atoms with van der Waals surface area (Å²) < 4.78 is 0. The number of rotatable bonds is 5. The van der Waals surface area contributed by atoms with Gasteiger partial charge in [0, 0.05) is 11.3 Å². The lowest BCUT2D eigenvalue weighted by Crippen LogP contribution is -2.29. The van der Waals surface area contributed by atoms with Crippen molar-refractivity contribution >= 4 is 17.4 Å². The van der Waals surface area contributed by atoms with Gasteiger partial charge in [-0.05, 0) is 18.6 Å². The molecular formula is C17H17NO2. The Balaban J connectivity index is 2.12. The minimum Gasteiger partial charge on any atom is -0.325 e. The molecule has 0 fully saturated rings. The summed E-state index contributed by atoms with van der Waals surface area (Å²) in [4.78, 5) is 24.6. The number of carbonyl (C=O) groups excluding carboxylic acids is 2. The number of carbonyl (C=O) groups is 2. The van der Waals surface area contributed by atoms with E-state index in [0.717, 1.165) is 0 Å². The fourth-order valence-corrected chi connectivity index (χ4v) is 2.04. The first kappa shape index (κ1) is 14.0. The van der Waals surface area contributed by atoms with Crippen LogP contribution >= 0.6 is 0 Å². The molecule has 0 saturated carbocycles. The van der Waals surface area contributed by atoms with Crippen LogP contribution in [0.5, 0.6) is 0 Å². The van der Waals surface area contributed by atoms with Crippen molar-refractivity contribution in [2.24, 2.45) is 5.92 Å². The van der Waals surface area contributed by atoms with Gasteiger partial charge < -0.3 is 5.32 Å². The van der Waals surface area contributed by atoms with Crippen LogP contribution in [0.15, 0.2) is 60.7 Å². The molecule has 3 nitrogen and oxygen atoms in total. The second-order valence-corrected chi connectivity index (χ2v) is 4.55. The van der Waals surface area contributed by atoms with E-state index in [2.05, 4.69) is 5.32 Å². The van der Waals surface area contributed by atoms with Crippen molar-refractivity contribution in [2.75, 3.05) is 5.32 Å². The van der Waals surface area contributed by atoms with Crippen molar-refractivity contribution in [1.82, 2.24) is 0 Å². The zero-order valence-corrected chi connectivity index (χ0v) is 11.4. The Hall–Kier alpha value is -2.42. The van der Waals surface area contributed by atoms with Gasteiger partial charge in [-0.2, -0.15) is 0 Å². The molecule has 0 bridgehead atoms. The van der Waals surface area contributed by atoms with Gasteiger partial charge in [0.1, 0.15) is 5.92 Å². The highest BCUT2D eigenvalue weighted by molar-refractivity contribution is 6.13. The van der Waals surface area contributed by atoms with Gasteiger partial charge in [0.05, 0.1) is 0 Å². The van der Waals surface area contributed by atoms with E-state index in [9.17, 15) is 9.59 Å². The molecule has 102 valence electrons. The highest BCUT2D eigenvalue weighted by Gasteiger charge is 2.25. The van der Waals surface area contributed by atoms with E-state index in [0.29, 0.717) is 17.7 Å². The number of nitrogens with one attached hydrogen (secondary N) is 1. The van der Waals surface area contributed by atoms with Gasteiger partial charge >= 0.3 is 0 Å². The van der Waals surface area contributed by atoms with Crippen LogP contribution in [-0.4, -0.2) is 11.7 Å². The smallest absolute Gasteiger partial charge is 0.235 e. The number of benzene rings is 2. The van der Waals surface area contributed by atoms with Crippen molar-refractivity contribution in [1.29, 1.82) is 0 Å². The van der Waals surface area contributed by atoms with E-state index in [1.807, 2.05) is 31.2 Å². The summed E-state index contributed by atoms with van der Waals surface area (Å²) in [5.41, 5.74) is 1.28. The highest BCUT2D eigenvalue weighted by atomic mass is 16.2. The molecule has 1 N–H and O–H groups in total. The van der Waals surface area contributed by atoms with Crippen LogP contribution in [0.4, 0.5) is 5.69 Å². The number of amides is 1. The maximum atomic E-state index is 12.3. The predicted octanol–water partition coefficient (Wildman–Crippen LogP) is 3.53. The van der Waals surface area contributed by atoms with E-state index < -0.39 is 5.92 Å². The fraction of sp³-hybridized carbons (Fsp3) is 0.176. The van der Waals surface area contributed by atoms with Crippen LogP contribution in [0.2, 0.25) is 0 Å². The van der Waals surface area contributed by atoms with Crippen LogP contribution in [0.1, 0.15) is 23.7 Å². The molecule has 3 heteroatoms. The summed E-state index contributed by atoms with van der Waals surface area (Å²) in [6, 6.07) is 18.1. The molecule has 20 heavy (non-hydrogen) atoms. The average Bonchev–Trinajstić information content (AvgIpc) is 2.49. The Morgan fingerprint density at radius 1 is 0.950 bits per heavy atom. The van der Waals surface area contributed by atoms with Crippen LogP contribution in [-0.2, 0) is 4.79 Å². The number of Topliss-reactive ketones (excluding diaryl/α,β-unsaturated/α-hetero) is 1. The van der Waals surface area contributed by atoms with E-state index in [-0.39, 0.29) is 11.7 Å². The molecule has 0 aliphatic rings. The van der Waals surface area contributed by atoms with Gasteiger partial charge in [0.15, 0.2) is 5.78 Å². The van der Waals surface area contributed by atoms with Crippen LogP contribution in [0.25, 0.3) is 0 Å². The molecule has 1 amide bonds. The Bertz CT molecular complexity index is 578. The third-order valence-corrected chi connectivity index (χ3v) is 3.14. The molecule has 2 rings (SSSR count). The van der Waals surface area contributed by atoms with E-state index in [4.69, 9.17) is 0 Å². The standard InChI is InChI=1S/C17H17NO2/c1-2-15(16(19)13-9-5-3-6-10-13)17(20)18-14-11-7-4-8-12-14/h3-12,15H,2H2,1H3,(H,18,20). The monoisotopic (exact) mass is 267 g/mol. The van der Waals surface area contributed by atoms with E-state index in [1.54, 1.807) is 36.4 Å². The largest absolute Gasteiger partial charge is 0.325 e. The third-order valence-electron chi connectivity index (χ3n) is 3.14. The maximum absolute atomic E-state index is 12.3. The zero-order valence-electron chi connectivity index (χ0n) is 11.4. The summed E-state index contributed by atoms with van der Waals surface area (Å²) in [5.74, 6) is -1.05. The molecule has 0 heterocycles. The normalized spacial score (nSPS) is 11.7. The average molecular weight is 267 g/mol. The molecule has 2 aromatic carbocycles. The lowest BCUT2D eigenvalue weighted by atomic mass is 9.94. The molecular weight excluding hydrogens is 250 g/mol. The molecule has 1 unspecified atom stereocenters. The van der Waals surface area contributed by atoms with Gasteiger partial charge in [-0.15, -0.1) is 0 Å². The third kappa shape index (κ3) is 3.32. The van der Waals surface area contributed by atoms with Gasteiger partial charge in [-0.3, -0.25) is 9.59 Å². The molecule has 0 radical (unpaired) electrons. The zero-order chi connectivity index (χ0) is 14.4. The van der Waals surface area contributed by atoms with Gasteiger partial charge in [0.25, 0.3) is 0 Å². The molecule has 2 aromatic rings. The lowest BCUT2D eigenvalue weighted by Gasteiger charge is -2.14. The van der Waals surface area contributed by atoms with Gasteiger partial charge in [-0.1, -0.05) is 55.5 Å². The molecule has 0 aromatic heterocycles. The first-order valence-electron chi connectivity index (χ1n) is 6.67. The van der Waals surface area contributed by atoms with Crippen molar-refractivity contribution in [3.05, 3.63) is 66.2 Å². The quantitative estimate of drug-likeness (QED) is 0.665. The Labute approximate surface area is 118 Å². The molecule has 0 spiro atoms. The van der Waals surface area contributed by atoms with E-state index >= 15 is 0 Å². The summed E-state index contributed by atoms with van der Waals surface area (Å²) in [5, 5.41) is 2.78. The van der Waals surface area contributed by atoms with Crippen molar-refractivity contribution in [2.45, 2.75) is 13.3 Å². The number of hydrogen-bond acceptors (Lipinski definition) is 2. The minimum atomic E-state index is -0.655. The second-order valence-electron chi connectivity index (χ2n) is 4.55. The van der Waals surface area contributed by atoms with Crippen LogP contribution < -0.4 is 5.32 Å². The van der Waals surface area contributed by atoms with Gasteiger partial charge in [0.2, 0.25) is 5.91 Å². The first-order valence-corrected chi connectivity index (χ1v) is 6.67. The summed E-state index contributed by atoms with van der Waals surface area (Å²) in [6.07, 6.45) is 0.479. The first-order chi connectivity index (χ1) is 9.72. The van der Waals surface area contributed by atoms with E-state index in [1.165, 1.54) is 0 Å². The Morgan fingerprint density at radius 2 is 1.50 bits per heavy atom. The van der Waals surface area contributed by atoms with Crippen LogP contribution in [0.3, 0.4) is 0 Å². The highest BCUT2D eigenvalue weighted by Crippen LogP contribution is 2.15. The summed E-state index contributed by atoms with van der Waals surface area (Å²) in [7, 11) is 0. The fourth-order valence-electron chi connectivity index (χ4n) is 2.04. The maximum Gasteiger partial charge on any atom is 0.235 e. The number of para-hydroxylation sites is 1. The minimum absolute atomic E-state index is 0.137. The molecule has 0 saturated heterocycles. The topological polar surface area (TPSA) is 46.2 Å². The molecule has 0 aliphatic carbocycles. The second kappa shape index (κ2) is 6.66. The van der Waals surface area contributed by atoms with Crippen molar-refractivity contribution in [3.63, 3.8) is 0 Å². The Kier molecular flexibility index (Phi) is 4.66. The van der Waals surface area contributed by atoms with Gasteiger partial charge in [-0.25, -0.2) is 0 Å². The van der Waals surface area contributed by atoms with Crippen molar-refractivity contribution in [3.8, 4) is 0 Å². The SMILES string of the molecule is CCC(C(=O)Nc1ccccc1)C(=O)c1ccccc1. The number of hydrogen-bond donors (Lipinski definition) is 1. The number of ketones is 1. The Morgan fingerprint density at radius 3 is 2.05 bits per heavy atom. The van der Waals surface area contributed by atoms with Crippen molar-refractivity contribution < 1.29 is 9.59 Å². The summed E-state index contributed by atoms with van der Waals surface area (Å²) >= 11 is 0. The predicted molar refractivity (Wildman–Crippen MR) is 79.6 cm³/mol. The number of anilines is 1.